The minimum absolute atomic E-state index is 0.134. The Kier molecular flexibility index (Phi) is 4.44. The van der Waals surface area contributed by atoms with Crippen LogP contribution in [-0.2, 0) is 6.54 Å². The van der Waals surface area contributed by atoms with Gasteiger partial charge in [-0.3, -0.25) is 0 Å². The van der Waals surface area contributed by atoms with Crippen molar-refractivity contribution in [3.8, 4) is 0 Å². The van der Waals surface area contributed by atoms with Crippen molar-refractivity contribution < 1.29 is 0 Å². The van der Waals surface area contributed by atoms with Crippen molar-refractivity contribution in [2.45, 2.75) is 59.5 Å². The molecule has 4 heteroatoms. The summed E-state index contributed by atoms with van der Waals surface area (Å²) in [6, 6.07) is 0. The van der Waals surface area contributed by atoms with E-state index in [1.165, 1.54) is 0 Å². The Bertz CT molecular complexity index is 325. The second-order valence-electron chi connectivity index (χ2n) is 5.67. The van der Waals surface area contributed by atoms with E-state index in [0.717, 1.165) is 16.6 Å². The van der Waals surface area contributed by atoms with Crippen molar-refractivity contribution in [1.29, 1.82) is 0 Å². The van der Waals surface area contributed by atoms with E-state index in [2.05, 4.69) is 57.1 Å². The van der Waals surface area contributed by atoms with Crippen LogP contribution in [0.5, 0.6) is 0 Å². The van der Waals surface area contributed by atoms with Crippen molar-refractivity contribution in [3.05, 3.63) is 10.0 Å². The van der Waals surface area contributed by atoms with Crippen molar-refractivity contribution in [1.82, 2.24) is 15.5 Å². The van der Waals surface area contributed by atoms with Crippen LogP contribution in [0.4, 0.5) is 0 Å². The van der Waals surface area contributed by atoms with E-state index in [4.69, 9.17) is 0 Å². The zero-order chi connectivity index (χ0) is 12.3. The molecule has 1 heterocycles. The molecule has 1 aromatic heterocycles. The Hall–Kier alpha value is -0.480. The summed E-state index contributed by atoms with van der Waals surface area (Å²) in [4.78, 5) is 0. The van der Waals surface area contributed by atoms with Crippen LogP contribution in [0.15, 0.2) is 0 Å². The number of hydrogen-bond acceptors (Lipinski definition) is 4. The lowest BCUT2D eigenvalue weighted by Gasteiger charge is -2.19. The highest BCUT2D eigenvalue weighted by atomic mass is 32.1. The summed E-state index contributed by atoms with van der Waals surface area (Å²) in [7, 11) is 0. The molecule has 0 saturated carbocycles. The van der Waals surface area contributed by atoms with E-state index in [0.29, 0.717) is 11.8 Å². The van der Waals surface area contributed by atoms with Gasteiger partial charge in [-0.2, -0.15) is 0 Å². The Balaban J connectivity index is 2.58. The van der Waals surface area contributed by atoms with Crippen molar-refractivity contribution in [3.63, 3.8) is 0 Å². The van der Waals surface area contributed by atoms with Gasteiger partial charge in [-0.1, -0.05) is 32.1 Å². The smallest absolute Gasteiger partial charge is 0.131 e. The Morgan fingerprint density at radius 3 is 2.31 bits per heavy atom. The van der Waals surface area contributed by atoms with Crippen molar-refractivity contribution in [2.24, 2.45) is 5.92 Å². The van der Waals surface area contributed by atoms with Crippen molar-refractivity contribution in [2.75, 3.05) is 0 Å². The van der Waals surface area contributed by atoms with E-state index in [9.17, 15) is 0 Å². The van der Waals surface area contributed by atoms with Crippen LogP contribution in [0, 0.1) is 5.92 Å². The first-order valence-corrected chi connectivity index (χ1v) is 6.68. The molecule has 0 fully saturated rings. The largest absolute Gasteiger partial charge is 0.306 e. The number of aromatic nitrogens is 2. The lowest BCUT2D eigenvalue weighted by Crippen LogP contribution is -2.35. The van der Waals surface area contributed by atoms with Crippen LogP contribution < -0.4 is 5.32 Å². The predicted octanol–water partition coefficient (Wildman–Crippen LogP) is 3.19. The van der Waals surface area contributed by atoms with Gasteiger partial charge in [-0.15, -0.1) is 10.2 Å². The summed E-state index contributed by atoms with van der Waals surface area (Å²) < 4.78 is 0. The lowest BCUT2D eigenvalue weighted by atomic mass is 9.99. The third kappa shape index (κ3) is 4.18. The van der Waals surface area contributed by atoms with E-state index >= 15 is 0 Å². The van der Waals surface area contributed by atoms with Crippen LogP contribution in [0.25, 0.3) is 0 Å². The molecule has 0 aliphatic rings. The molecule has 0 aliphatic carbocycles. The van der Waals surface area contributed by atoms with E-state index in [1.54, 1.807) is 11.3 Å². The molecule has 0 bridgehead atoms. The first-order valence-electron chi connectivity index (χ1n) is 5.87. The highest BCUT2D eigenvalue weighted by Crippen LogP contribution is 2.26. The van der Waals surface area contributed by atoms with Gasteiger partial charge >= 0.3 is 0 Å². The van der Waals surface area contributed by atoms with Gasteiger partial charge in [0.25, 0.3) is 0 Å². The standard InChI is InChI=1S/C12H23N3S/c1-8(2)9(3)11-15-14-10(16-11)7-13-12(4,5)6/h8-9,13H,7H2,1-6H3. The molecule has 0 saturated heterocycles. The monoisotopic (exact) mass is 241 g/mol. The summed E-state index contributed by atoms with van der Waals surface area (Å²) >= 11 is 1.73. The Labute approximate surface area is 103 Å². The van der Waals surface area contributed by atoms with Gasteiger partial charge in [0.2, 0.25) is 0 Å². The average Bonchev–Trinajstić information content (AvgIpc) is 2.60. The predicted molar refractivity (Wildman–Crippen MR) is 69.8 cm³/mol. The van der Waals surface area contributed by atoms with Gasteiger partial charge in [0.05, 0.1) is 6.54 Å². The third-order valence-corrected chi connectivity index (χ3v) is 3.77. The second-order valence-corrected chi connectivity index (χ2v) is 6.76. The maximum Gasteiger partial charge on any atom is 0.131 e. The molecule has 1 unspecified atom stereocenters. The number of nitrogens with one attached hydrogen (secondary N) is 1. The van der Waals surface area contributed by atoms with Crippen molar-refractivity contribution >= 4 is 11.3 Å². The molecule has 0 amide bonds. The molecule has 0 radical (unpaired) electrons. The Morgan fingerprint density at radius 1 is 1.19 bits per heavy atom. The Morgan fingerprint density at radius 2 is 1.81 bits per heavy atom. The molecule has 1 aromatic rings. The normalized spacial score (nSPS) is 14.4. The lowest BCUT2D eigenvalue weighted by molar-refractivity contribution is 0.423. The first kappa shape index (κ1) is 13.6. The molecule has 16 heavy (non-hydrogen) atoms. The molecule has 0 aliphatic heterocycles. The van der Waals surface area contributed by atoms with E-state index < -0.39 is 0 Å². The van der Waals surface area contributed by atoms with Gasteiger partial charge < -0.3 is 5.32 Å². The molecule has 0 aromatic carbocycles. The van der Waals surface area contributed by atoms with Gasteiger partial charge in [0.15, 0.2) is 0 Å². The molecular weight excluding hydrogens is 218 g/mol. The fourth-order valence-corrected chi connectivity index (χ4v) is 2.16. The molecular formula is C12H23N3S. The SMILES string of the molecule is CC(C)C(C)c1nnc(CNC(C)(C)C)s1. The first-order chi connectivity index (χ1) is 7.29. The second kappa shape index (κ2) is 5.23. The highest BCUT2D eigenvalue weighted by molar-refractivity contribution is 7.11. The average molecular weight is 241 g/mol. The summed E-state index contributed by atoms with van der Waals surface area (Å²) in [5, 5.41) is 14.2. The van der Waals surface area contributed by atoms with Crippen LogP contribution in [0.3, 0.4) is 0 Å². The minimum Gasteiger partial charge on any atom is -0.306 e. The van der Waals surface area contributed by atoms with Crippen LogP contribution in [0.2, 0.25) is 0 Å². The van der Waals surface area contributed by atoms with E-state index in [1.807, 2.05) is 0 Å². The zero-order valence-corrected chi connectivity index (χ0v) is 12.0. The number of hydrogen-bond donors (Lipinski definition) is 1. The molecule has 0 spiro atoms. The molecule has 1 N–H and O–H groups in total. The molecule has 1 rings (SSSR count). The molecule has 1 atom stereocenters. The fourth-order valence-electron chi connectivity index (χ4n) is 1.15. The minimum atomic E-state index is 0.134. The fraction of sp³-hybridized carbons (Fsp3) is 0.833. The molecule has 3 nitrogen and oxygen atoms in total. The summed E-state index contributed by atoms with van der Waals surface area (Å²) in [5.74, 6) is 1.12. The topological polar surface area (TPSA) is 37.8 Å². The van der Waals surface area contributed by atoms with E-state index in [-0.39, 0.29) is 5.54 Å². The summed E-state index contributed by atoms with van der Waals surface area (Å²) in [6.07, 6.45) is 0. The van der Waals surface area contributed by atoms with Gasteiger partial charge in [0.1, 0.15) is 10.0 Å². The maximum atomic E-state index is 4.27. The highest BCUT2D eigenvalue weighted by Gasteiger charge is 2.16. The van der Waals surface area contributed by atoms with Gasteiger partial charge in [-0.25, -0.2) is 0 Å². The maximum absolute atomic E-state index is 4.27. The summed E-state index contributed by atoms with van der Waals surface area (Å²) in [6.45, 7) is 13.9. The quantitative estimate of drug-likeness (QED) is 0.879. The van der Waals surface area contributed by atoms with Crippen LogP contribution >= 0.6 is 11.3 Å². The third-order valence-electron chi connectivity index (χ3n) is 2.64. The molecule has 92 valence electrons. The summed E-state index contributed by atoms with van der Waals surface area (Å²) in [5.41, 5.74) is 0.134. The van der Waals surface area contributed by atoms with Gasteiger partial charge in [-0.05, 0) is 26.7 Å². The van der Waals surface area contributed by atoms with Gasteiger partial charge in [0, 0.05) is 11.5 Å². The zero-order valence-electron chi connectivity index (χ0n) is 11.2. The van der Waals surface area contributed by atoms with Crippen LogP contribution in [0.1, 0.15) is 57.5 Å². The number of rotatable bonds is 4. The number of nitrogens with zero attached hydrogens (tertiary/aromatic N) is 2. The van der Waals surface area contributed by atoms with Crippen LogP contribution in [-0.4, -0.2) is 15.7 Å².